The van der Waals surface area contributed by atoms with E-state index < -0.39 is 16.1 Å². The third kappa shape index (κ3) is 3.64. The second-order valence-electron chi connectivity index (χ2n) is 6.83. The highest BCUT2D eigenvalue weighted by atomic mass is 35.5. The predicted octanol–water partition coefficient (Wildman–Crippen LogP) is 3.39. The van der Waals surface area contributed by atoms with Crippen molar-refractivity contribution in [3.63, 3.8) is 0 Å². The number of nitrogens with zero attached hydrogens (tertiary/aromatic N) is 2. The number of hydrogen-bond donors (Lipinski definition) is 0. The maximum Gasteiger partial charge on any atom is 0.329 e. The van der Waals surface area contributed by atoms with Gasteiger partial charge in [0, 0.05) is 17.1 Å². The predicted molar refractivity (Wildman–Crippen MR) is 106 cm³/mol. The molecule has 0 aromatic heterocycles. The molecule has 0 bridgehead atoms. The third-order valence-electron chi connectivity index (χ3n) is 4.95. The number of benzene rings is 2. The molecule has 2 aromatic carbocycles. The minimum absolute atomic E-state index is 0.141. The van der Waals surface area contributed by atoms with Gasteiger partial charge in [-0.15, -0.1) is 4.40 Å². The van der Waals surface area contributed by atoms with Crippen molar-refractivity contribution in [3.05, 3.63) is 64.7 Å². The third-order valence-corrected chi connectivity index (χ3v) is 6.53. The lowest BCUT2D eigenvalue weighted by molar-refractivity contribution is -0.150. The number of esters is 1. The van der Waals surface area contributed by atoms with Crippen molar-refractivity contribution in [1.82, 2.24) is 4.90 Å². The lowest BCUT2D eigenvalue weighted by Crippen LogP contribution is -2.48. The molecule has 1 atom stereocenters. The molecular formula is C20H19ClN2O4S. The van der Waals surface area contributed by atoms with Crippen molar-refractivity contribution < 1.29 is 17.9 Å². The van der Waals surface area contributed by atoms with Gasteiger partial charge in [-0.25, -0.2) is 4.79 Å². The number of carbonyl (C=O) groups is 1. The van der Waals surface area contributed by atoms with Gasteiger partial charge in [0.2, 0.25) is 0 Å². The van der Waals surface area contributed by atoms with Gasteiger partial charge in [-0.1, -0.05) is 35.9 Å². The summed E-state index contributed by atoms with van der Waals surface area (Å²) in [5.74, 6) is -0.0390. The highest BCUT2D eigenvalue weighted by Crippen LogP contribution is 2.31. The molecule has 0 N–H and O–H groups in total. The number of fused-ring (bicyclic) bond motifs is 1. The second kappa shape index (κ2) is 7.56. The van der Waals surface area contributed by atoms with Crippen LogP contribution >= 0.6 is 11.6 Å². The van der Waals surface area contributed by atoms with Gasteiger partial charge in [-0.05, 0) is 49.1 Å². The van der Waals surface area contributed by atoms with E-state index in [0.29, 0.717) is 29.4 Å². The van der Waals surface area contributed by atoms with Gasteiger partial charge < -0.3 is 9.64 Å². The van der Waals surface area contributed by atoms with Crippen LogP contribution in [0.1, 0.15) is 30.4 Å². The van der Waals surface area contributed by atoms with E-state index in [1.165, 1.54) is 0 Å². The molecule has 8 heteroatoms. The van der Waals surface area contributed by atoms with Crippen LogP contribution < -0.4 is 0 Å². The Morgan fingerprint density at radius 3 is 2.68 bits per heavy atom. The molecule has 0 saturated carbocycles. The van der Waals surface area contributed by atoms with E-state index >= 15 is 0 Å². The molecule has 0 unspecified atom stereocenters. The van der Waals surface area contributed by atoms with Crippen molar-refractivity contribution in [2.24, 2.45) is 4.40 Å². The molecule has 6 nitrogen and oxygen atoms in total. The fourth-order valence-electron chi connectivity index (χ4n) is 3.56. The van der Waals surface area contributed by atoms with Crippen LogP contribution in [0.2, 0.25) is 5.02 Å². The molecule has 1 saturated heterocycles. The Bertz CT molecular complexity index is 1030. The summed E-state index contributed by atoms with van der Waals surface area (Å²) in [6, 6.07) is 13.2. The summed E-state index contributed by atoms with van der Waals surface area (Å²) in [4.78, 5) is 14.7. The number of rotatable bonds is 3. The van der Waals surface area contributed by atoms with Crippen LogP contribution in [0.3, 0.4) is 0 Å². The average molecular weight is 419 g/mol. The lowest BCUT2D eigenvalue weighted by atomic mass is 10.0. The van der Waals surface area contributed by atoms with Crippen LogP contribution in [-0.4, -0.2) is 37.7 Å². The maximum atomic E-state index is 12.8. The Labute approximate surface area is 168 Å². The van der Waals surface area contributed by atoms with E-state index in [4.69, 9.17) is 16.3 Å². The summed E-state index contributed by atoms with van der Waals surface area (Å²) in [5.41, 5.74) is 1.38. The molecule has 28 heavy (non-hydrogen) atoms. The number of piperidine rings is 1. The number of halogens is 1. The van der Waals surface area contributed by atoms with Gasteiger partial charge in [0.05, 0.1) is 0 Å². The topological polar surface area (TPSA) is 76.0 Å². The lowest BCUT2D eigenvalue weighted by Gasteiger charge is -2.35. The molecule has 0 aliphatic carbocycles. The number of carbonyl (C=O) groups excluding carboxylic acids is 1. The largest absolute Gasteiger partial charge is 0.459 e. The number of hydrogen-bond acceptors (Lipinski definition) is 5. The fraction of sp³-hybridized carbons (Fsp3) is 0.300. The van der Waals surface area contributed by atoms with Crippen LogP contribution in [-0.2, 0) is 26.2 Å². The van der Waals surface area contributed by atoms with E-state index in [9.17, 15) is 13.2 Å². The van der Waals surface area contributed by atoms with Crippen molar-refractivity contribution >= 4 is 33.4 Å². The van der Waals surface area contributed by atoms with Gasteiger partial charge >= 0.3 is 5.97 Å². The Kier molecular flexibility index (Phi) is 5.12. The van der Waals surface area contributed by atoms with Gasteiger partial charge in [0.15, 0.2) is 5.84 Å². The van der Waals surface area contributed by atoms with E-state index in [1.807, 2.05) is 0 Å². The van der Waals surface area contributed by atoms with Crippen molar-refractivity contribution in [2.75, 3.05) is 6.54 Å². The first kappa shape index (κ1) is 19.0. The van der Waals surface area contributed by atoms with Crippen LogP contribution in [0.25, 0.3) is 0 Å². The van der Waals surface area contributed by atoms with E-state index in [0.717, 1.165) is 18.4 Å². The molecule has 0 amide bonds. The summed E-state index contributed by atoms with van der Waals surface area (Å²) in [6.07, 6.45) is 2.34. The SMILES string of the molecule is O=C(OCc1ccc(Cl)cc1)[C@H]1CCCCN1C1=NS(=O)(=O)c2ccccc21. The molecular weight excluding hydrogens is 400 g/mol. The fourth-order valence-corrected chi connectivity index (χ4v) is 4.90. The number of ether oxygens (including phenoxy) is 1. The van der Waals surface area contributed by atoms with Gasteiger partial charge in [-0.2, -0.15) is 8.42 Å². The van der Waals surface area contributed by atoms with Crippen molar-refractivity contribution in [2.45, 2.75) is 36.8 Å². The van der Waals surface area contributed by atoms with E-state index in [1.54, 1.807) is 53.4 Å². The van der Waals surface area contributed by atoms with Crippen molar-refractivity contribution in [1.29, 1.82) is 0 Å². The van der Waals surface area contributed by atoms with Gasteiger partial charge in [0.1, 0.15) is 17.5 Å². The van der Waals surface area contributed by atoms with E-state index in [2.05, 4.69) is 4.40 Å². The van der Waals surface area contributed by atoms with E-state index in [-0.39, 0.29) is 17.5 Å². The number of amidine groups is 1. The summed E-state index contributed by atoms with van der Waals surface area (Å²) >= 11 is 5.88. The molecule has 2 heterocycles. The second-order valence-corrected chi connectivity index (χ2v) is 8.83. The Balaban J connectivity index is 1.55. The molecule has 1 fully saturated rings. The highest BCUT2D eigenvalue weighted by Gasteiger charge is 2.38. The van der Waals surface area contributed by atoms with Crippen LogP contribution in [0.4, 0.5) is 0 Å². The first-order chi connectivity index (χ1) is 13.5. The van der Waals surface area contributed by atoms with Crippen molar-refractivity contribution in [3.8, 4) is 0 Å². The summed E-state index contributed by atoms with van der Waals surface area (Å²) in [6.45, 7) is 0.700. The Morgan fingerprint density at radius 1 is 1.14 bits per heavy atom. The monoisotopic (exact) mass is 418 g/mol. The molecule has 146 valence electrons. The zero-order valence-electron chi connectivity index (χ0n) is 15.0. The number of likely N-dealkylation sites (tertiary alicyclic amines) is 1. The maximum absolute atomic E-state index is 12.8. The molecule has 2 aromatic rings. The Hall–Kier alpha value is -2.38. The summed E-state index contributed by atoms with van der Waals surface area (Å²) in [5, 5.41) is 0.618. The average Bonchev–Trinajstić information content (AvgIpc) is 2.98. The van der Waals surface area contributed by atoms with Gasteiger partial charge in [-0.3, -0.25) is 0 Å². The summed E-state index contributed by atoms with van der Waals surface area (Å²) in [7, 11) is -3.73. The molecule has 0 radical (unpaired) electrons. The standard InChI is InChI=1S/C20H19ClN2O4S/c21-15-10-8-14(9-11-15)13-27-20(24)17-6-3-4-12-23(17)19-16-5-1-2-7-18(16)28(25,26)22-19/h1-2,5,7-11,17H,3-4,6,12-13H2/t17-/m1/s1. The normalized spacial score (nSPS) is 20.4. The number of sulfonamides is 1. The van der Waals surface area contributed by atoms with Gasteiger partial charge in [0.25, 0.3) is 10.0 Å². The quantitative estimate of drug-likeness (QED) is 0.714. The van der Waals surface area contributed by atoms with Crippen LogP contribution in [0.5, 0.6) is 0 Å². The smallest absolute Gasteiger partial charge is 0.329 e. The minimum atomic E-state index is -3.73. The van der Waals surface area contributed by atoms with Crippen LogP contribution in [0, 0.1) is 0 Å². The zero-order valence-corrected chi connectivity index (χ0v) is 16.6. The molecule has 2 aliphatic heterocycles. The first-order valence-corrected chi connectivity index (χ1v) is 10.9. The highest BCUT2D eigenvalue weighted by molar-refractivity contribution is 7.90. The molecule has 4 rings (SSSR count). The summed E-state index contributed by atoms with van der Waals surface area (Å²) < 4.78 is 34.2. The first-order valence-electron chi connectivity index (χ1n) is 9.08. The zero-order chi connectivity index (χ0) is 19.7. The molecule has 0 spiro atoms. The molecule has 2 aliphatic rings. The van der Waals surface area contributed by atoms with Crippen LogP contribution in [0.15, 0.2) is 57.8 Å². The Morgan fingerprint density at radius 2 is 1.89 bits per heavy atom. The minimum Gasteiger partial charge on any atom is -0.459 e.